The molecule has 0 radical (unpaired) electrons. The fourth-order valence-corrected chi connectivity index (χ4v) is 3.58. The maximum Gasteiger partial charge on any atom is 0.253 e. The number of amides is 1. The molecule has 0 aliphatic carbocycles. The standard InChI is InChI=1S/C20H22N4O/c1-21-12-15-10-11-23(13-15)20(25)16-6-8-17(9-7-16)24-14-22-18-4-2-3-5-19(18)24/h2-9,14-15,21H,10-13H2,1H3. The summed E-state index contributed by atoms with van der Waals surface area (Å²) in [5.74, 6) is 0.686. The number of likely N-dealkylation sites (tertiary alicyclic amines) is 1. The molecule has 3 aromatic rings. The van der Waals surface area contributed by atoms with Gasteiger partial charge in [0, 0.05) is 24.3 Å². The van der Waals surface area contributed by atoms with Crippen LogP contribution in [-0.4, -0.2) is 47.0 Å². The largest absolute Gasteiger partial charge is 0.338 e. The molecule has 0 saturated carbocycles. The van der Waals surface area contributed by atoms with E-state index in [0.29, 0.717) is 5.92 Å². The number of nitrogens with one attached hydrogen (secondary N) is 1. The van der Waals surface area contributed by atoms with Crippen molar-refractivity contribution in [2.24, 2.45) is 5.92 Å². The molecule has 2 aromatic carbocycles. The molecule has 1 saturated heterocycles. The van der Waals surface area contributed by atoms with E-state index >= 15 is 0 Å². The Morgan fingerprint density at radius 1 is 1.20 bits per heavy atom. The lowest BCUT2D eigenvalue weighted by Gasteiger charge is -2.17. The van der Waals surface area contributed by atoms with E-state index in [-0.39, 0.29) is 5.91 Å². The molecule has 1 unspecified atom stereocenters. The number of aromatic nitrogens is 2. The predicted molar refractivity (Wildman–Crippen MR) is 99.0 cm³/mol. The molecule has 25 heavy (non-hydrogen) atoms. The molecule has 1 aliphatic rings. The average Bonchev–Trinajstić information content (AvgIpc) is 3.29. The van der Waals surface area contributed by atoms with Crippen LogP contribution in [0, 0.1) is 5.92 Å². The number of imidazole rings is 1. The van der Waals surface area contributed by atoms with Crippen LogP contribution in [0.5, 0.6) is 0 Å². The van der Waals surface area contributed by atoms with Crippen LogP contribution >= 0.6 is 0 Å². The summed E-state index contributed by atoms with van der Waals surface area (Å²) >= 11 is 0. The topological polar surface area (TPSA) is 50.2 Å². The minimum atomic E-state index is 0.126. The van der Waals surface area contributed by atoms with Crippen LogP contribution in [0.1, 0.15) is 16.8 Å². The van der Waals surface area contributed by atoms with Gasteiger partial charge in [-0.05, 0) is 62.3 Å². The molecule has 5 nitrogen and oxygen atoms in total. The Balaban J connectivity index is 1.53. The molecular formula is C20H22N4O. The van der Waals surface area contributed by atoms with E-state index in [9.17, 15) is 4.79 Å². The summed E-state index contributed by atoms with van der Waals surface area (Å²) in [7, 11) is 1.96. The minimum Gasteiger partial charge on any atom is -0.338 e. The molecule has 0 bridgehead atoms. The number of hydrogen-bond acceptors (Lipinski definition) is 3. The molecule has 1 fully saturated rings. The van der Waals surface area contributed by atoms with Gasteiger partial charge in [-0.2, -0.15) is 0 Å². The molecule has 4 rings (SSSR count). The fraction of sp³-hybridized carbons (Fsp3) is 0.300. The Labute approximate surface area is 147 Å². The zero-order valence-electron chi connectivity index (χ0n) is 14.4. The molecular weight excluding hydrogens is 312 g/mol. The highest BCUT2D eigenvalue weighted by Gasteiger charge is 2.26. The van der Waals surface area contributed by atoms with Gasteiger partial charge in [-0.1, -0.05) is 12.1 Å². The number of benzene rings is 2. The van der Waals surface area contributed by atoms with E-state index in [0.717, 1.165) is 48.3 Å². The van der Waals surface area contributed by atoms with Crippen LogP contribution in [0.15, 0.2) is 54.9 Å². The highest BCUT2D eigenvalue weighted by atomic mass is 16.2. The second-order valence-corrected chi connectivity index (χ2v) is 6.61. The second-order valence-electron chi connectivity index (χ2n) is 6.61. The van der Waals surface area contributed by atoms with Gasteiger partial charge in [-0.15, -0.1) is 0 Å². The van der Waals surface area contributed by atoms with E-state index in [1.165, 1.54) is 0 Å². The Morgan fingerprint density at radius 2 is 2.00 bits per heavy atom. The Kier molecular flexibility index (Phi) is 4.24. The number of fused-ring (bicyclic) bond motifs is 1. The van der Waals surface area contributed by atoms with Crippen molar-refractivity contribution >= 4 is 16.9 Å². The van der Waals surface area contributed by atoms with E-state index in [2.05, 4.69) is 10.3 Å². The van der Waals surface area contributed by atoms with Gasteiger partial charge in [0.25, 0.3) is 5.91 Å². The maximum absolute atomic E-state index is 12.7. The molecule has 128 valence electrons. The summed E-state index contributed by atoms with van der Waals surface area (Å²) in [6.45, 7) is 2.66. The van der Waals surface area contributed by atoms with E-state index in [1.807, 2.05) is 71.4 Å². The van der Waals surface area contributed by atoms with E-state index in [4.69, 9.17) is 0 Å². The Bertz CT molecular complexity index is 884. The zero-order valence-corrected chi connectivity index (χ0v) is 14.4. The van der Waals surface area contributed by atoms with Gasteiger partial charge in [0.15, 0.2) is 0 Å². The number of hydrogen-bond donors (Lipinski definition) is 1. The van der Waals surface area contributed by atoms with Crippen molar-refractivity contribution in [2.75, 3.05) is 26.7 Å². The smallest absolute Gasteiger partial charge is 0.253 e. The molecule has 1 N–H and O–H groups in total. The van der Waals surface area contributed by atoms with E-state index < -0.39 is 0 Å². The third-order valence-electron chi connectivity index (χ3n) is 4.91. The predicted octanol–water partition coefficient (Wildman–Crippen LogP) is 2.71. The van der Waals surface area contributed by atoms with Crippen molar-refractivity contribution in [3.8, 4) is 5.69 Å². The lowest BCUT2D eigenvalue weighted by molar-refractivity contribution is 0.0787. The summed E-state index contributed by atoms with van der Waals surface area (Å²) in [5, 5.41) is 3.20. The van der Waals surface area contributed by atoms with Gasteiger partial charge in [0.05, 0.1) is 11.0 Å². The number of carbonyl (C=O) groups excluding carboxylic acids is 1. The molecule has 2 heterocycles. The van der Waals surface area contributed by atoms with Crippen LogP contribution in [-0.2, 0) is 0 Å². The third kappa shape index (κ3) is 3.03. The summed E-state index contributed by atoms with van der Waals surface area (Å²) in [4.78, 5) is 19.1. The number of nitrogens with zero attached hydrogens (tertiary/aromatic N) is 3. The number of carbonyl (C=O) groups is 1. The van der Waals surface area contributed by atoms with Crippen molar-refractivity contribution < 1.29 is 4.79 Å². The normalized spacial score (nSPS) is 17.3. The lowest BCUT2D eigenvalue weighted by atomic mass is 10.1. The average molecular weight is 334 g/mol. The zero-order chi connectivity index (χ0) is 17.2. The van der Waals surface area contributed by atoms with Gasteiger partial charge >= 0.3 is 0 Å². The van der Waals surface area contributed by atoms with Crippen molar-refractivity contribution in [1.29, 1.82) is 0 Å². The van der Waals surface area contributed by atoms with E-state index in [1.54, 1.807) is 0 Å². The van der Waals surface area contributed by atoms with Gasteiger partial charge in [-0.25, -0.2) is 4.98 Å². The highest BCUT2D eigenvalue weighted by Crippen LogP contribution is 2.21. The van der Waals surface area contributed by atoms with Crippen LogP contribution in [0.4, 0.5) is 0 Å². The van der Waals surface area contributed by atoms with Crippen molar-refractivity contribution in [3.05, 3.63) is 60.4 Å². The summed E-state index contributed by atoms with van der Waals surface area (Å²) < 4.78 is 2.04. The maximum atomic E-state index is 12.7. The van der Waals surface area contributed by atoms with Crippen LogP contribution in [0.3, 0.4) is 0 Å². The Hall–Kier alpha value is -2.66. The molecule has 5 heteroatoms. The van der Waals surface area contributed by atoms with Crippen LogP contribution in [0.2, 0.25) is 0 Å². The van der Waals surface area contributed by atoms with Gasteiger partial charge < -0.3 is 10.2 Å². The SMILES string of the molecule is CNCC1CCN(C(=O)c2ccc(-n3cnc4ccccc43)cc2)C1. The minimum absolute atomic E-state index is 0.126. The number of rotatable bonds is 4. The van der Waals surface area contributed by atoms with Gasteiger partial charge in [0.1, 0.15) is 6.33 Å². The lowest BCUT2D eigenvalue weighted by Crippen LogP contribution is -2.30. The Morgan fingerprint density at radius 3 is 2.80 bits per heavy atom. The third-order valence-corrected chi connectivity index (χ3v) is 4.91. The highest BCUT2D eigenvalue weighted by molar-refractivity contribution is 5.94. The first-order valence-corrected chi connectivity index (χ1v) is 8.72. The van der Waals surface area contributed by atoms with Crippen molar-refractivity contribution in [1.82, 2.24) is 19.8 Å². The first-order valence-electron chi connectivity index (χ1n) is 8.72. The second kappa shape index (κ2) is 6.69. The van der Waals surface area contributed by atoms with Gasteiger partial charge in [0.2, 0.25) is 0 Å². The molecule has 1 amide bonds. The van der Waals surface area contributed by atoms with Crippen molar-refractivity contribution in [3.63, 3.8) is 0 Å². The summed E-state index contributed by atoms with van der Waals surface area (Å²) in [6.07, 6.45) is 2.90. The summed E-state index contributed by atoms with van der Waals surface area (Å²) in [5.41, 5.74) is 3.80. The van der Waals surface area contributed by atoms with Crippen LogP contribution in [0.25, 0.3) is 16.7 Å². The monoisotopic (exact) mass is 334 g/mol. The first kappa shape index (κ1) is 15.8. The number of para-hydroxylation sites is 2. The van der Waals surface area contributed by atoms with Crippen LogP contribution < -0.4 is 5.32 Å². The molecule has 0 spiro atoms. The molecule has 1 aliphatic heterocycles. The molecule has 1 atom stereocenters. The van der Waals surface area contributed by atoms with Crippen molar-refractivity contribution in [2.45, 2.75) is 6.42 Å². The molecule has 1 aromatic heterocycles. The first-order chi connectivity index (χ1) is 12.3. The fourth-order valence-electron chi connectivity index (χ4n) is 3.58. The van der Waals surface area contributed by atoms with Gasteiger partial charge in [-0.3, -0.25) is 9.36 Å². The summed E-state index contributed by atoms with van der Waals surface area (Å²) in [6, 6.07) is 15.8. The quantitative estimate of drug-likeness (QED) is 0.798.